The lowest BCUT2D eigenvalue weighted by molar-refractivity contribution is -0.118. The molecule has 22 heavy (non-hydrogen) atoms. The Hall–Kier alpha value is -0.740. The van der Waals surface area contributed by atoms with Crippen molar-refractivity contribution in [3.63, 3.8) is 0 Å². The number of carbonyl (C=O) groups is 1. The molecule has 1 aromatic rings. The Bertz CT molecular complexity index is 470. The number of carbonyl (C=O) groups excluding carboxylic acids is 1. The maximum Gasteiger partial charge on any atom is 0.230 e. The molecule has 1 N–H and O–H groups in total. The first-order chi connectivity index (χ1) is 10.6. The zero-order valence-electron chi connectivity index (χ0n) is 13.3. The third kappa shape index (κ3) is 7.50. The molecule has 2 nitrogen and oxygen atoms in total. The molecule has 0 saturated carbocycles. The number of benzene rings is 1. The van der Waals surface area contributed by atoms with Crippen molar-refractivity contribution >= 4 is 29.3 Å². The molecule has 0 radical (unpaired) electrons. The monoisotopic (exact) mass is 345 g/mol. The molecule has 5 heteroatoms. The molecule has 0 aromatic heterocycles. The van der Waals surface area contributed by atoms with Crippen LogP contribution in [0.5, 0.6) is 0 Å². The molecule has 1 amide bonds. The van der Waals surface area contributed by atoms with Gasteiger partial charge in [-0.2, -0.15) is 0 Å². The van der Waals surface area contributed by atoms with Crippen molar-refractivity contribution < 1.29 is 9.18 Å². The Kier molecular flexibility index (Phi) is 9.56. The van der Waals surface area contributed by atoms with Gasteiger partial charge in [-0.1, -0.05) is 50.8 Å². The van der Waals surface area contributed by atoms with Gasteiger partial charge in [0.15, 0.2) is 0 Å². The normalized spacial score (nSPS) is 12.2. The number of hydrogen-bond donors (Lipinski definition) is 1. The van der Waals surface area contributed by atoms with Gasteiger partial charge >= 0.3 is 0 Å². The van der Waals surface area contributed by atoms with Crippen molar-refractivity contribution in [2.75, 3.05) is 12.3 Å². The predicted octanol–water partition coefficient (Wildman–Crippen LogP) is 5.04. The highest BCUT2D eigenvalue weighted by molar-refractivity contribution is 7.99. The van der Waals surface area contributed by atoms with Crippen LogP contribution in [0.3, 0.4) is 0 Å². The SMILES string of the molecule is CCCCC(CC)CNC(=O)CSCc1ccc(Cl)cc1F. The number of thioether (sulfide) groups is 1. The van der Waals surface area contributed by atoms with Crippen LogP contribution in [0.15, 0.2) is 18.2 Å². The summed E-state index contributed by atoms with van der Waals surface area (Å²) in [5.74, 6) is 1.10. The lowest BCUT2D eigenvalue weighted by Gasteiger charge is -2.15. The van der Waals surface area contributed by atoms with E-state index in [4.69, 9.17) is 11.6 Å². The van der Waals surface area contributed by atoms with Gasteiger partial charge in [-0.25, -0.2) is 4.39 Å². The first-order valence-electron chi connectivity index (χ1n) is 7.85. The van der Waals surface area contributed by atoms with Crippen molar-refractivity contribution in [2.45, 2.75) is 45.3 Å². The molecule has 0 heterocycles. The van der Waals surface area contributed by atoms with Gasteiger partial charge in [-0.3, -0.25) is 4.79 Å². The summed E-state index contributed by atoms with van der Waals surface area (Å²) in [7, 11) is 0. The number of unbranched alkanes of at least 4 members (excludes halogenated alkanes) is 1. The largest absolute Gasteiger partial charge is 0.355 e. The number of amides is 1. The number of nitrogens with one attached hydrogen (secondary N) is 1. The van der Waals surface area contributed by atoms with E-state index in [0.717, 1.165) is 19.4 Å². The van der Waals surface area contributed by atoms with Crippen molar-refractivity contribution in [3.8, 4) is 0 Å². The second kappa shape index (κ2) is 10.9. The van der Waals surface area contributed by atoms with Crippen LogP contribution in [0.4, 0.5) is 4.39 Å². The Morgan fingerprint density at radius 2 is 2.18 bits per heavy atom. The smallest absolute Gasteiger partial charge is 0.230 e. The van der Waals surface area contributed by atoms with Gasteiger partial charge in [0, 0.05) is 17.3 Å². The average molecular weight is 346 g/mol. The van der Waals surface area contributed by atoms with Gasteiger partial charge in [0.2, 0.25) is 5.91 Å². The van der Waals surface area contributed by atoms with E-state index in [9.17, 15) is 9.18 Å². The Balaban J connectivity index is 2.25. The van der Waals surface area contributed by atoms with Gasteiger partial charge in [0.25, 0.3) is 0 Å². The number of hydrogen-bond acceptors (Lipinski definition) is 2. The fourth-order valence-corrected chi connectivity index (χ4v) is 3.15. The maximum absolute atomic E-state index is 13.6. The zero-order valence-corrected chi connectivity index (χ0v) is 14.9. The number of rotatable bonds is 10. The van der Waals surface area contributed by atoms with Crippen LogP contribution in [-0.2, 0) is 10.5 Å². The van der Waals surface area contributed by atoms with Crippen LogP contribution in [0, 0.1) is 11.7 Å². The summed E-state index contributed by atoms with van der Waals surface area (Å²) in [6.45, 7) is 5.08. The third-order valence-electron chi connectivity index (χ3n) is 3.64. The van der Waals surface area contributed by atoms with Crippen molar-refractivity contribution in [1.29, 1.82) is 0 Å². The molecule has 124 valence electrons. The minimum atomic E-state index is -0.314. The molecular formula is C17H25ClFNOS. The highest BCUT2D eigenvalue weighted by Crippen LogP contribution is 2.19. The molecule has 1 atom stereocenters. The van der Waals surface area contributed by atoms with E-state index < -0.39 is 0 Å². The molecule has 0 aliphatic rings. The van der Waals surface area contributed by atoms with Gasteiger partial charge in [-0.05, 0) is 30.0 Å². The molecule has 1 rings (SSSR count). The summed E-state index contributed by atoms with van der Waals surface area (Å²) in [6, 6.07) is 4.64. The first-order valence-corrected chi connectivity index (χ1v) is 9.38. The average Bonchev–Trinajstić information content (AvgIpc) is 2.49. The van der Waals surface area contributed by atoms with E-state index in [1.807, 2.05) is 0 Å². The molecule has 0 aliphatic carbocycles. The molecular weight excluding hydrogens is 321 g/mol. The minimum absolute atomic E-state index is 0.0225. The van der Waals surface area contributed by atoms with Crippen molar-refractivity contribution in [3.05, 3.63) is 34.6 Å². The fraction of sp³-hybridized carbons (Fsp3) is 0.588. The molecule has 1 unspecified atom stereocenters. The highest BCUT2D eigenvalue weighted by atomic mass is 35.5. The second-order valence-electron chi connectivity index (χ2n) is 5.45. The van der Waals surface area contributed by atoms with E-state index in [1.54, 1.807) is 12.1 Å². The number of halogens is 2. The van der Waals surface area contributed by atoms with Crippen LogP contribution in [0.2, 0.25) is 5.02 Å². The molecule has 0 spiro atoms. The lowest BCUT2D eigenvalue weighted by Crippen LogP contribution is -2.30. The van der Waals surface area contributed by atoms with E-state index in [-0.39, 0.29) is 11.7 Å². The minimum Gasteiger partial charge on any atom is -0.355 e. The second-order valence-corrected chi connectivity index (χ2v) is 6.87. The molecule has 0 saturated heterocycles. The Morgan fingerprint density at radius 1 is 1.41 bits per heavy atom. The van der Waals surface area contributed by atoms with Crippen molar-refractivity contribution in [1.82, 2.24) is 5.32 Å². The van der Waals surface area contributed by atoms with Gasteiger partial charge in [-0.15, -0.1) is 11.8 Å². The Labute approximate surface area is 142 Å². The fourth-order valence-electron chi connectivity index (χ4n) is 2.14. The van der Waals surface area contributed by atoms with Gasteiger partial charge in [0.05, 0.1) is 5.75 Å². The molecule has 1 aromatic carbocycles. The Morgan fingerprint density at radius 3 is 2.82 bits per heavy atom. The molecule has 0 bridgehead atoms. The van der Waals surface area contributed by atoms with Gasteiger partial charge < -0.3 is 5.32 Å². The summed E-state index contributed by atoms with van der Waals surface area (Å²) in [5, 5.41) is 3.37. The topological polar surface area (TPSA) is 29.1 Å². The quantitative estimate of drug-likeness (QED) is 0.643. The summed E-state index contributed by atoms with van der Waals surface area (Å²) in [5.41, 5.74) is 0.580. The van der Waals surface area contributed by atoms with E-state index in [1.165, 1.54) is 30.7 Å². The van der Waals surface area contributed by atoms with E-state index in [2.05, 4.69) is 19.2 Å². The van der Waals surface area contributed by atoms with Crippen LogP contribution in [0.25, 0.3) is 0 Å². The van der Waals surface area contributed by atoms with Crippen LogP contribution in [-0.4, -0.2) is 18.2 Å². The van der Waals surface area contributed by atoms with Crippen LogP contribution < -0.4 is 5.32 Å². The van der Waals surface area contributed by atoms with Crippen LogP contribution >= 0.6 is 23.4 Å². The van der Waals surface area contributed by atoms with E-state index in [0.29, 0.717) is 28.0 Å². The maximum atomic E-state index is 13.6. The van der Waals surface area contributed by atoms with Crippen molar-refractivity contribution in [2.24, 2.45) is 5.92 Å². The van der Waals surface area contributed by atoms with Crippen LogP contribution in [0.1, 0.15) is 45.1 Å². The highest BCUT2D eigenvalue weighted by Gasteiger charge is 2.09. The molecule has 0 aliphatic heterocycles. The lowest BCUT2D eigenvalue weighted by atomic mass is 9.99. The summed E-state index contributed by atoms with van der Waals surface area (Å²) < 4.78 is 13.6. The predicted molar refractivity (Wildman–Crippen MR) is 93.9 cm³/mol. The standard InChI is InChI=1S/C17H25ClFNOS/c1-3-5-6-13(4-2)10-20-17(21)12-22-11-14-7-8-15(18)9-16(14)19/h7-9,13H,3-6,10-12H2,1-2H3,(H,20,21). The zero-order chi connectivity index (χ0) is 16.4. The van der Waals surface area contributed by atoms with Gasteiger partial charge in [0.1, 0.15) is 5.82 Å². The van der Waals surface area contributed by atoms with E-state index >= 15 is 0 Å². The summed E-state index contributed by atoms with van der Waals surface area (Å²) >= 11 is 7.13. The summed E-state index contributed by atoms with van der Waals surface area (Å²) in [6.07, 6.45) is 4.64. The summed E-state index contributed by atoms with van der Waals surface area (Å²) in [4.78, 5) is 11.8. The molecule has 0 fully saturated rings. The first kappa shape index (κ1) is 19.3. The third-order valence-corrected chi connectivity index (χ3v) is 4.85.